The van der Waals surface area contributed by atoms with Crippen molar-refractivity contribution in [1.82, 2.24) is 10.4 Å². The highest BCUT2D eigenvalue weighted by atomic mass is 79.9. The SMILES string of the molecule is NC(=O)NN=Cc1cc(Br)ccn1. The second kappa shape index (κ2) is 4.56. The summed E-state index contributed by atoms with van der Waals surface area (Å²) >= 11 is 3.27. The summed E-state index contributed by atoms with van der Waals surface area (Å²) in [5.41, 5.74) is 7.49. The molecule has 5 nitrogen and oxygen atoms in total. The van der Waals surface area contributed by atoms with Crippen LogP contribution in [0.15, 0.2) is 27.9 Å². The van der Waals surface area contributed by atoms with E-state index < -0.39 is 6.03 Å². The largest absolute Gasteiger partial charge is 0.350 e. The topological polar surface area (TPSA) is 80.4 Å². The van der Waals surface area contributed by atoms with Gasteiger partial charge in [0.25, 0.3) is 0 Å². The molecule has 0 saturated carbocycles. The summed E-state index contributed by atoms with van der Waals surface area (Å²) in [6.45, 7) is 0. The number of hydrogen-bond donors (Lipinski definition) is 2. The number of hydrogen-bond acceptors (Lipinski definition) is 3. The molecule has 0 radical (unpaired) electrons. The molecule has 0 fully saturated rings. The van der Waals surface area contributed by atoms with Gasteiger partial charge in [0.1, 0.15) is 0 Å². The number of hydrazone groups is 1. The lowest BCUT2D eigenvalue weighted by atomic mass is 10.4. The van der Waals surface area contributed by atoms with Crippen LogP contribution in [0, 0.1) is 0 Å². The van der Waals surface area contributed by atoms with Gasteiger partial charge in [0.05, 0.1) is 11.9 Å². The van der Waals surface area contributed by atoms with E-state index in [1.807, 2.05) is 0 Å². The number of urea groups is 1. The van der Waals surface area contributed by atoms with Gasteiger partial charge in [-0.3, -0.25) is 4.98 Å². The number of carbonyl (C=O) groups is 1. The number of pyridine rings is 1. The molecule has 1 heterocycles. The Labute approximate surface area is 83.2 Å². The zero-order chi connectivity index (χ0) is 9.68. The summed E-state index contributed by atoms with van der Waals surface area (Å²) in [6.07, 6.45) is 3.02. The molecule has 6 heteroatoms. The highest BCUT2D eigenvalue weighted by molar-refractivity contribution is 9.10. The lowest BCUT2D eigenvalue weighted by Crippen LogP contribution is -2.24. The van der Waals surface area contributed by atoms with Crippen molar-refractivity contribution in [1.29, 1.82) is 0 Å². The van der Waals surface area contributed by atoms with Gasteiger partial charge in [-0.05, 0) is 12.1 Å². The number of amides is 2. The highest BCUT2D eigenvalue weighted by Crippen LogP contribution is 2.07. The van der Waals surface area contributed by atoms with Gasteiger partial charge in [0.2, 0.25) is 0 Å². The van der Waals surface area contributed by atoms with Crippen molar-refractivity contribution in [2.45, 2.75) is 0 Å². The number of nitrogens with zero attached hydrogens (tertiary/aromatic N) is 2. The summed E-state index contributed by atoms with van der Waals surface area (Å²) in [5.74, 6) is 0. The molecule has 68 valence electrons. The lowest BCUT2D eigenvalue weighted by molar-refractivity contribution is 0.249. The molecule has 1 aromatic heterocycles. The average molecular weight is 243 g/mol. The molecule has 0 atom stereocenters. The molecular formula is C7H7BrN4O. The van der Waals surface area contributed by atoms with Crippen molar-refractivity contribution in [3.8, 4) is 0 Å². The lowest BCUT2D eigenvalue weighted by Gasteiger charge is -1.93. The minimum Gasteiger partial charge on any atom is -0.350 e. The third kappa shape index (κ3) is 3.66. The zero-order valence-electron chi connectivity index (χ0n) is 6.57. The Balaban J connectivity index is 2.63. The van der Waals surface area contributed by atoms with Crippen LogP contribution in [0.3, 0.4) is 0 Å². The van der Waals surface area contributed by atoms with Crippen molar-refractivity contribution >= 4 is 28.2 Å². The summed E-state index contributed by atoms with van der Waals surface area (Å²) < 4.78 is 0.892. The average Bonchev–Trinajstić information content (AvgIpc) is 2.03. The van der Waals surface area contributed by atoms with Gasteiger partial charge in [0, 0.05) is 10.7 Å². The van der Waals surface area contributed by atoms with E-state index in [2.05, 4.69) is 31.4 Å². The van der Waals surface area contributed by atoms with Crippen LogP contribution in [-0.4, -0.2) is 17.2 Å². The van der Waals surface area contributed by atoms with Gasteiger partial charge >= 0.3 is 6.03 Å². The van der Waals surface area contributed by atoms with Crippen molar-refractivity contribution < 1.29 is 4.79 Å². The Bertz CT molecular complexity index is 339. The Hall–Kier alpha value is -1.43. The fourth-order valence-corrected chi connectivity index (χ4v) is 1.01. The number of halogens is 1. The summed E-state index contributed by atoms with van der Waals surface area (Å²) in [7, 11) is 0. The van der Waals surface area contributed by atoms with E-state index in [1.165, 1.54) is 6.21 Å². The number of nitrogens with one attached hydrogen (secondary N) is 1. The summed E-state index contributed by atoms with van der Waals surface area (Å²) in [5, 5.41) is 3.55. The molecule has 2 amide bonds. The van der Waals surface area contributed by atoms with E-state index in [1.54, 1.807) is 18.3 Å². The van der Waals surface area contributed by atoms with Gasteiger partial charge in [-0.2, -0.15) is 5.10 Å². The Kier molecular flexibility index (Phi) is 3.39. The number of aromatic nitrogens is 1. The van der Waals surface area contributed by atoms with Crippen molar-refractivity contribution in [3.05, 3.63) is 28.5 Å². The molecule has 0 spiro atoms. The molecule has 0 aliphatic heterocycles. The highest BCUT2D eigenvalue weighted by Gasteiger charge is 1.90. The molecule has 3 N–H and O–H groups in total. The van der Waals surface area contributed by atoms with Crippen LogP contribution in [-0.2, 0) is 0 Å². The quantitative estimate of drug-likeness (QED) is 0.596. The maximum absolute atomic E-state index is 10.2. The number of nitrogens with two attached hydrogens (primary N) is 1. The van der Waals surface area contributed by atoms with E-state index in [9.17, 15) is 4.79 Å². The smallest absolute Gasteiger partial charge is 0.332 e. The third-order valence-corrected chi connectivity index (χ3v) is 1.61. The first-order valence-electron chi connectivity index (χ1n) is 3.38. The standard InChI is InChI=1S/C7H7BrN4O/c8-5-1-2-10-6(3-5)4-11-12-7(9)13/h1-4H,(H3,9,12,13). The normalized spacial score (nSPS) is 10.2. The predicted molar refractivity (Wildman–Crippen MR) is 52.3 cm³/mol. The monoisotopic (exact) mass is 242 g/mol. The molecule has 0 aromatic carbocycles. The summed E-state index contributed by atoms with van der Waals surface area (Å²) in [6, 6.07) is 2.84. The number of carbonyl (C=O) groups excluding carboxylic acids is 1. The maximum atomic E-state index is 10.2. The Morgan fingerprint density at radius 3 is 3.15 bits per heavy atom. The molecule has 0 unspecified atom stereocenters. The first kappa shape index (κ1) is 9.66. The fraction of sp³-hybridized carbons (Fsp3) is 0. The second-order valence-electron chi connectivity index (χ2n) is 2.13. The van der Waals surface area contributed by atoms with Crippen LogP contribution in [0.1, 0.15) is 5.69 Å². The van der Waals surface area contributed by atoms with Gasteiger partial charge in [0.15, 0.2) is 0 Å². The first-order chi connectivity index (χ1) is 6.18. The van der Waals surface area contributed by atoms with Gasteiger partial charge in [-0.1, -0.05) is 15.9 Å². The molecule has 1 rings (SSSR count). The van der Waals surface area contributed by atoms with Crippen molar-refractivity contribution in [2.75, 3.05) is 0 Å². The van der Waals surface area contributed by atoms with Crippen LogP contribution >= 0.6 is 15.9 Å². The predicted octanol–water partition coefficient (Wildman–Crippen LogP) is 0.846. The van der Waals surface area contributed by atoms with E-state index in [4.69, 9.17) is 5.73 Å². The van der Waals surface area contributed by atoms with E-state index in [-0.39, 0.29) is 0 Å². The third-order valence-electron chi connectivity index (χ3n) is 1.11. The Morgan fingerprint density at radius 1 is 1.77 bits per heavy atom. The number of rotatable bonds is 2. The Morgan fingerprint density at radius 2 is 2.54 bits per heavy atom. The molecule has 0 aliphatic carbocycles. The van der Waals surface area contributed by atoms with Crippen LogP contribution < -0.4 is 11.2 Å². The van der Waals surface area contributed by atoms with Gasteiger partial charge in [-0.15, -0.1) is 0 Å². The zero-order valence-corrected chi connectivity index (χ0v) is 8.15. The van der Waals surface area contributed by atoms with Gasteiger partial charge in [-0.25, -0.2) is 10.2 Å². The molecule has 13 heavy (non-hydrogen) atoms. The van der Waals surface area contributed by atoms with Crippen molar-refractivity contribution in [2.24, 2.45) is 10.8 Å². The fourth-order valence-electron chi connectivity index (χ4n) is 0.654. The van der Waals surface area contributed by atoms with Crippen LogP contribution in [0.2, 0.25) is 0 Å². The van der Waals surface area contributed by atoms with Crippen LogP contribution in [0.5, 0.6) is 0 Å². The molecule has 0 bridgehead atoms. The van der Waals surface area contributed by atoms with E-state index in [0.29, 0.717) is 5.69 Å². The molecular weight excluding hydrogens is 236 g/mol. The molecule has 0 aliphatic rings. The minimum atomic E-state index is -0.703. The minimum absolute atomic E-state index is 0.628. The second-order valence-corrected chi connectivity index (χ2v) is 3.05. The van der Waals surface area contributed by atoms with Crippen molar-refractivity contribution in [3.63, 3.8) is 0 Å². The molecule has 1 aromatic rings. The maximum Gasteiger partial charge on any atom is 0.332 e. The summed E-state index contributed by atoms with van der Waals surface area (Å²) in [4.78, 5) is 14.2. The van der Waals surface area contributed by atoms with E-state index in [0.717, 1.165) is 4.47 Å². The van der Waals surface area contributed by atoms with Gasteiger partial charge < -0.3 is 5.73 Å². The van der Waals surface area contributed by atoms with Crippen LogP contribution in [0.4, 0.5) is 4.79 Å². The van der Waals surface area contributed by atoms with Crippen LogP contribution in [0.25, 0.3) is 0 Å². The number of primary amides is 1. The van der Waals surface area contributed by atoms with E-state index >= 15 is 0 Å². The molecule has 0 saturated heterocycles. The first-order valence-corrected chi connectivity index (χ1v) is 4.18.